The Labute approximate surface area is 198 Å². The molecule has 2 rings (SSSR count). The van der Waals surface area contributed by atoms with E-state index >= 15 is 0 Å². The van der Waals surface area contributed by atoms with Crippen LogP contribution in [0.25, 0.3) is 0 Å². The monoisotopic (exact) mass is 466 g/mol. The fourth-order valence-electron chi connectivity index (χ4n) is 3.97. The Balaban J connectivity index is 1.32. The summed E-state index contributed by atoms with van der Waals surface area (Å²) in [6.45, 7) is 16.6. The predicted molar refractivity (Wildman–Crippen MR) is 127 cm³/mol. The van der Waals surface area contributed by atoms with Gasteiger partial charge in [-0.25, -0.2) is 0 Å². The maximum absolute atomic E-state index is 12.3. The summed E-state index contributed by atoms with van der Waals surface area (Å²) >= 11 is 0. The molecule has 0 bridgehead atoms. The van der Waals surface area contributed by atoms with E-state index in [9.17, 15) is 9.59 Å². The van der Waals surface area contributed by atoms with Crippen molar-refractivity contribution in [2.75, 3.05) is 72.5 Å². The summed E-state index contributed by atoms with van der Waals surface area (Å²) < 4.78 is 21.9. The molecule has 0 spiro atoms. The highest BCUT2D eigenvalue weighted by atomic mass is 16.6. The molecule has 2 amide bonds. The van der Waals surface area contributed by atoms with E-state index in [4.69, 9.17) is 18.9 Å². The largest absolute Gasteiger partial charge is 0.379 e. The molecule has 0 aromatic rings. The maximum atomic E-state index is 12.3. The van der Waals surface area contributed by atoms with Crippen LogP contribution in [0, 0.1) is 11.3 Å². The molecular weight excluding hydrogens is 424 g/mol. The fraction of sp³-hybridized carbons (Fsp3) is 0.760. The second-order valence-electron chi connectivity index (χ2n) is 9.54. The summed E-state index contributed by atoms with van der Waals surface area (Å²) in [5, 5.41) is 0. The number of likely N-dealkylation sites (tertiary alicyclic amines) is 1. The molecule has 8 heteroatoms. The zero-order valence-electron chi connectivity index (χ0n) is 20.7. The van der Waals surface area contributed by atoms with E-state index < -0.39 is 0 Å². The number of carbonyl (C=O) groups excluding carboxylic acids is 2. The number of hydrogen-bond donors (Lipinski definition) is 0. The van der Waals surface area contributed by atoms with Crippen LogP contribution in [0.3, 0.4) is 0 Å². The molecule has 33 heavy (non-hydrogen) atoms. The molecule has 2 aliphatic rings. The molecule has 1 saturated heterocycles. The van der Waals surface area contributed by atoms with E-state index in [2.05, 4.69) is 27.4 Å². The van der Waals surface area contributed by atoms with Crippen LogP contribution >= 0.6 is 0 Å². The summed E-state index contributed by atoms with van der Waals surface area (Å²) in [7, 11) is 0. The topological polar surface area (TPSA) is 77.5 Å². The Bertz CT molecular complexity index is 632. The van der Waals surface area contributed by atoms with Crippen LogP contribution in [0.4, 0.5) is 0 Å². The molecule has 188 valence electrons. The van der Waals surface area contributed by atoms with Crippen molar-refractivity contribution in [1.29, 1.82) is 0 Å². The molecule has 2 heterocycles. The first-order valence-electron chi connectivity index (χ1n) is 12.1. The molecule has 0 atom stereocenters. The second-order valence-corrected chi connectivity index (χ2v) is 9.54. The Morgan fingerprint density at radius 1 is 0.909 bits per heavy atom. The van der Waals surface area contributed by atoms with Gasteiger partial charge in [0.25, 0.3) is 5.91 Å². The van der Waals surface area contributed by atoms with E-state index in [1.807, 2.05) is 4.90 Å². The van der Waals surface area contributed by atoms with Crippen molar-refractivity contribution >= 4 is 11.8 Å². The average Bonchev–Trinajstić information content (AvgIpc) is 3.10. The molecule has 0 aliphatic carbocycles. The standard InChI is InChI=1S/C25H42N2O6/c1-21-5-6-24(29)27(21)12-14-31-16-18-33-20-19-32-17-15-30-13-9-23(28)26-10-7-22(8-11-26)25(2,3)4/h5-6,22H,1,7-20H2,2-4H3. The first kappa shape index (κ1) is 27.5. The first-order chi connectivity index (χ1) is 15.8. The van der Waals surface area contributed by atoms with E-state index in [0.29, 0.717) is 82.9 Å². The van der Waals surface area contributed by atoms with Crippen molar-refractivity contribution in [1.82, 2.24) is 9.80 Å². The number of allylic oxidation sites excluding steroid dienone is 1. The van der Waals surface area contributed by atoms with Crippen LogP contribution in [-0.4, -0.2) is 94.1 Å². The molecule has 0 unspecified atom stereocenters. The zero-order valence-corrected chi connectivity index (χ0v) is 20.7. The van der Waals surface area contributed by atoms with Gasteiger partial charge in [0, 0.05) is 31.4 Å². The van der Waals surface area contributed by atoms with Gasteiger partial charge in [0.1, 0.15) is 0 Å². The molecule has 0 N–H and O–H groups in total. The summed E-state index contributed by atoms with van der Waals surface area (Å²) in [6.07, 6.45) is 5.82. The van der Waals surface area contributed by atoms with Gasteiger partial charge in [0.05, 0.1) is 59.3 Å². The number of carbonyl (C=O) groups is 2. The Morgan fingerprint density at radius 3 is 1.91 bits per heavy atom. The quantitative estimate of drug-likeness (QED) is 0.345. The maximum Gasteiger partial charge on any atom is 0.251 e. The fourth-order valence-corrected chi connectivity index (χ4v) is 3.97. The van der Waals surface area contributed by atoms with Crippen LogP contribution in [0.15, 0.2) is 24.4 Å². The highest BCUT2D eigenvalue weighted by Crippen LogP contribution is 2.34. The van der Waals surface area contributed by atoms with Crippen molar-refractivity contribution in [3.05, 3.63) is 24.4 Å². The lowest BCUT2D eigenvalue weighted by Crippen LogP contribution is -2.41. The highest BCUT2D eigenvalue weighted by Gasteiger charge is 2.30. The summed E-state index contributed by atoms with van der Waals surface area (Å²) in [6, 6.07) is 0. The number of nitrogens with zero attached hydrogens (tertiary/aromatic N) is 2. The average molecular weight is 467 g/mol. The van der Waals surface area contributed by atoms with Crippen LogP contribution in [0.2, 0.25) is 0 Å². The van der Waals surface area contributed by atoms with Gasteiger partial charge >= 0.3 is 0 Å². The van der Waals surface area contributed by atoms with Gasteiger partial charge < -0.3 is 28.7 Å². The lowest BCUT2D eigenvalue weighted by molar-refractivity contribution is -0.134. The van der Waals surface area contributed by atoms with Gasteiger partial charge in [-0.05, 0) is 30.3 Å². The smallest absolute Gasteiger partial charge is 0.251 e. The van der Waals surface area contributed by atoms with E-state index in [-0.39, 0.29) is 11.8 Å². The highest BCUT2D eigenvalue weighted by molar-refractivity contribution is 5.92. The summed E-state index contributed by atoms with van der Waals surface area (Å²) in [4.78, 5) is 27.4. The molecule has 0 aromatic carbocycles. The number of ether oxygens (including phenoxy) is 4. The molecule has 1 fully saturated rings. The van der Waals surface area contributed by atoms with Crippen molar-refractivity contribution in [2.24, 2.45) is 11.3 Å². The molecule has 2 aliphatic heterocycles. The van der Waals surface area contributed by atoms with Crippen molar-refractivity contribution < 1.29 is 28.5 Å². The van der Waals surface area contributed by atoms with Gasteiger partial charge in [0.2, 0.25) is 5.91 Å². The Morgan fingerprint density at radius 2 is 1.42 bits per heavy atom. The van der Waals surface area contributed by atoms with Gasteiger partial charge in [-0.2, -0.15) is 0 Å². The van der Waals surface area contributed by atoms with E-state index in [0.717, 1.165) is 25.9 Å². The molecule has 0 radical (unpaired) electrons. The summed E-state index contributed by atoms with van der Waals surface area (Å²) in [5.74, 6) is 0.827. The minimum Gasteiger partial charge on any atom is -0.379 e. The number of rotatable bonds is 15. The first-order valence-corrected chi connectivity index (χ1v) is 12.1. The lowest BCUT2D eigenvalue weighted by Gasteiger charge is -2.38. The Kier molecular flexibility index (Phi) is 12.1. The SMILES string of the molecule is C=C1C=CC(=O)N1CCOCCOCCOCCOCCC(=O)N1CCC(C(C)(C)C)CC1. The van der Waals surface area contributed by atoms with Crippen molar-refractivity contribution in [2.45, 2.75) is 40.0 Å². The summed E-state index contributed by atoms with van der Waals surface area (Å²) in [5.41, 5.74) is 1.02. The van der Waals surface area contributed by atoms with Crippen LogP contribution in [0.1, 0.15) is 40.0 Å². The third-order valence-electron chi connectivity index (χ3n) is 6.14. The van der Waals surface area contributed by atoms with Crippen molar-refractivity contribution in [3.63, 3.8) is 0 Å². The predicted octanol–water partition coefficient (Wildman–Crippen LogP) is 2.64. The van der Waals surface area contributed by atoms with Crippen LogP contribution in [0.5, 0.6) is 0 Å². The van der Waals surface area contributed by atoms with Gasteiger partial charge in [-0.1, -0.05) is 27.4 Å². The molecular formula is C25H42N2O6. The van der Waals surface area contributed by atoms with E-state index in [1.54, 1.807) is 11.0 Å². The second kappa shape index (κ2) is 14.5. The van der Waals surface area contributed by atoms with E-state index in [1.165, 1.54) is 6.08 Å². The third-order valence-corrected chi connectivity index (χ3v) is 6.14. The zero-order chi connectivity index (χ0) is 24.1. The lowest BCUT2D eigenvalue weighted by atomic mass is 9.75. The normalized spacial score (nSPS) is 17.4. The molecule has 0 aromatic heterocycles. The van der Waals surface area contributed by atoms with Gasteiger partial charge in [-0.3, -0.25) is 9.59 Å². The molecule has 8 nitrogen and oxygen atoms in total. The third kappa shape index (κ3) is 10.4. The minimum atomic E-state index is -0.0520. The van der Waals surface area contributed by atoms with Gasteiger partial charge in [-0.15, -0.1) is 0 Å². The number of hydrogen-bond acceptors (Lipinski definition) is 6. The number of piperidine rings is 1. The van der Waals surface area contributed by atoms with Crippen molar-refractivity contribution in [3.8, 4) is 0 Å². The van der Waals surface area contributed by atoms with Crippen LogP contribution < -0.4 is 0 Å². The minimum absolute atomic E-state index is 0.0520. The number of amides is 2. The van der Waals surface area contributed by atoms with Crippen LogP contribution in [-0.2, 0) is 28.5 Å². The van der Waals surface area contributed by atoms with Gasteiger partial charge in [0.15, 0.2) is 0 Å². The Hall–Kier alpha value is -1.74. The molecule has 0 saturated carbocycles.